The van der Waals surface area contributed by atoms with Crippen LogP contribution in [-0.2, 0) is 19.1 Å². The van der Waals surface area contributed by atoms with Crippen LogP contribution in [-0.4, -0.2) is 53.5 Å². The molecule has 0 radical (unpaired) electrons. The van der Waals surface area contributed by atoms with Crippen molar-refractivity contribution >= 4 is 29.5 Å². The van der Waals surface area contributed by atoms with Crippen molar-refractivity contribution in [2.75, 3.05) is 12.4 Å². The predicted octanol–water partition coefficient (Wildman–Crippen LogP) is 4.22. The Hall–Kier alpha value is -4.08. The van der Waals surface area contributed by atoms with Crippen molar-refractivity contribution < 1.29 is 28.7 Å². The molecule has 0 aliphatic heterocycles. The van der Waals surface area contributed by atoms with Crippen LogP contribution in [0.3, 0.4) is 0 Å². The van der Waals surface area contributed by atoms with E-state index >= 15 is 0 Å². The van der Waals surface area contributed by atoms with Crippen LogP contribution in [0.25, 0.3) is 0 Å². The van der Waals surface area contributed by atoms with E-state index in [1.54, 1.807) is 57.0 Å². The highest BCUT2D eigenvalue weighted by atomic mass is 16.6. The smallest absolute Gasteiger partial charge is 0.408 e. The first-order valence-corrected chi connectivity index (χ1v) is 13.5. The lowest BCUT2D eigenvalue weighted by molar-refractivity contribution is -0.146. The van der Waals surface area contributed by atoms with E-state index in [1.807, 2.05) is 31.2 Å². The summed E-state index contributed by atoms with van der Waals surface area (Å²) in [7, 11) is 1.56. The number of ether oxygens (including phenoxy) is 2. The van der Waals surface area contributed by atoms with Gasteiger partial charge in [0.1, 0.15) is 23.4 Å². The van der Waals surface area contributed by atoms with E-state index in [9.17, 15) is 19.2 Å². The maximum atomic E-state index is 14.2. The van der Waals surface area contributed by atoms with Crippen molar-refractivity contribution in [3.8, 4) is 5.75 Å². The fraction of sp³-hybridized carbons (Fsp3) is 0.467. The Bertz CT molecular complexity index is 1200. The summed E-state index contributed by atoms with van der Waals surface area (Å²) in [6, 6.07) is 12.0. The van der Waals surface area contributed by atoms with Crippen LogP contribution in [0.5, 0.6) is 5.75 Å². The summed E-state index contributed by atoms with van der Waals surface area (Å²) in [6.45, 7) is 7.05. The normalized spacial score (nSPS) is 14.7. The molecule has 216 valence electrons. The Labute approximate surface area is 235 Å². The second-order valence-electron chi connectivity index (χ2n) is 11.1. The molecular formula is C30H40N4O6. The molecule has 10 nitrogen and oxygen atoms in total. The van der Waals surface area contributed by atoms with E-state index in [0.29, 0.717) is 29.8 Å². The van der Waals surface area contributed by atoms with Gasteiger partial charge in [0.15, 0.2) is 0 Å². The van der Waals surface area contributed by atoms with Gasteiger partial charge in [-0.15, -0.1) is 0 Å². The predicted molar refractivity (Wildman–Crippen MR) is 152 cm³/mol. The van der Waals surface area contributed by atoms with Gasteiger partial charge in [-0.1, -0.05) is 29.8 Å². The standard InChI is InChI=1S/C30H40N4O6/c1-19-8-6-9-20(18-19)26(27(36)32-21-12-14-23(39-5)15-13-21)34(22-10-7-11-22)28(37)24(16-17-25(31)35)33-29(38)40-30(2,3)4/h6,8-9,12-15,18,22,24,26H,7,10-11,16-17H2,1-5H3,(H2,31,35)(H,32,36)(H,33,38). The van der Waals surface area contributed by atoms with Gasteiger partial charge in [-0.2, -0.15) is 0 Å². The molecule has 0 aromatic heterocycles. The SMILES string of the molecule is COc1ccc(NC(=O)C(c2cccc(C)c2)N(C(=O)C(CCC(N)=O)NC(=O)OC(C)(C)C)C2CCC2)cc1. The molecule has 2 aromatic rings. The quantitative estimate of drug-likeness (QED) is 0.381. The average Bonchev–Trinajstić information content (AvgIpc) is 2.84. The summed E-state index contributed by atoms with van der Waals surface area (Å²) < 4.78 is 10.6. The summed E-state index contributed by atoms with van der Waals surface area (Å²) >= 11 is 0. The second-order valence-corrected chi connectivity index (χ2v) is 11.1. The highest BCUT2D eigenvalue weighted by Crippen LogP contribution is 2.35. The summed E-state index contributed by atoms with van der Waals surface area (Å²) in [5, 5.41) is 5.56. The van der Waals surface area contributed by atoms with Crippen LogP contribution in [0.1, 0.15) is 70.0 Å². The highest BCUT2D eigenvalue weighted by Gasteiger charge is 2.42. The number of anilines is 1. The molecule has 1 fully saturated rings. The van der Waals surface area contributed by atoms with Crippen LogP contribution in [0.2, 0.25) is 0 Å². The van der Waals surface area contributed by atoms with Crippen molar-refractivity contribution in [3.05, 3.63) is 59.7 Å². The maximum Gasteiger partial charge on any atom is 0.408 e. The number of methoxy groups -OCH3 is 1. The van der Waals surface area contributed by atoms with Gasteiger partial charge in [-0.05, 0) is 83.2 Å². The molecule has 0 heterocycles. The number of nitrogens with two attached hydrogens (primary N) is 1. The molecule has 1 saturated carbocycles. The van der Waals surface area contributed by atoms with Gasteiger partial charge in [0.2, 0.25) is 11.8 Å². The van der Waals surface area contributed by atoms with Crippen molar-refractivity contribution in [1.29, 1.82) is 0 Å². The summed E-state index contributed by atoms with van der Waals surface area (Å²) in [5.41, 5.74) is 6.70. The van der Waals surface area contributed by atoms with Crippen LogP contribution in [0, 0.1) is 6.92 Å². The van der Waals surface area contributed by atoms with Gasteiger partial charge in [0, 0.05) is 18.2 Å². The van der Waals surface area contributed by atoms with Crippen molar-refractivity contribution in [3.63, 3.8) is 0 Å². The van der Waals surface area contributed by atoms with Gasteiger partial charge in [-0.3, -0.25) is 14.4 Å². The van der Waals surface area contributed by atoms with Gasteiger partial charge in [-0.25, -0.2) is 4.79 Å². The molecule has 1 aliphatic carbocycles. The Kier molecular flexibility index (Phi) is 10.1. The zero-order chi connectivity index (χ0) is 29.4. The molecule has 40 heavy (non-hydrogen) atoms. The first-order valence-electron chi connectivity index (χ1n) is 13.5. The molecule has 0 spiro atoms. The highest BCUT2D eigenvalue weighted by molar-refractivity contribution is 5.99. The first kappa shape index (κ1) is 30.5. The number of aryl methyl sites for hydroxylation is 1. The molecule has 4 amide bonds. The lowest BCUT2D eigenvalue weighted by atomic mass is 9.87. The lowest BCUT2D eigenvalue weighted by Crippen LogP contribution is -2.57. The molecule has 4 N–H and O–H groups in total. The summed E-state index contributed by atoms with van der Waals surface area (Å²) in [4.78, 5) is 54.1. The van der Waals surface area contributed by atoms with Crippen molar-refractivity contribution in [2.45, 2.75) is 83.5 Å². The monoisotopic (exact) mass is 552 g/mol. The van der Waals surface area contributed by atoms with Gasteiger partial charge < -0.3 is 30.7 Å². The number of amides is 4. The summed E-state index contributed by atoms with van der Waals surface area (Å²) in [6.07, 6.45) is 1.37. The number of carbonyl (C=O) groups excluding carboxylic acids is 4. The Balaban J connectivity index is 2.01. The molecule has 3 rings (SSSR count). The third-order valence-corrected chi connectivity index (χ3v) is 6.63. The Morgan fingerprint density at radius 1 is 1.07 bits per heavy atom. The number of alkyl carbamates (subject to hydrolysis) is 1. The van der Waals surface area contributed by atoms with Crippen LogP contribution >= 0.6 is 0 Å². The van der Waals surface area contributed by atoms with Gasteiger partial charge >= 0.3 is 6.09 Å². The minimum atomic E-state index is -1.12. The number of rotatable bonds is 11. The molecule has 10 heteroatoms. The average molecular weight is 553 g/mol. The third-order valence-electron chi connectivity index (χ3n) is 6.63. The molecule has 2 unspecified atom stereocenters. The Morgan fingerprint density at radius 2 is 1.75 bits per heavy atom. The molecule has 0 bridgehead atoms. The lowest BCUT2D eigenvalue weighted by Gasteiger charge is -2.43. The fourth-order valence-electron chi connectivity index (χ4n) is 4.52. The number of primary amides is 1. The molecule has 2 atom stereocenters. The summed E-state index contributed by atoms with van der Waals surface area (Å²) in [5.74, 6) is -0.841. The van der Waals surface area contributed by atoms with Gasteiger partial charge in [0.05, 0.1) is 7.11 Å². The number of carbonyl (C=O) groups is 4. The fourth-order valence-corrected chi connectivity index (χ4v) is 4.52. The van der Waals surface area contributed by atoms with E-state index in [1.165, 1.54) is 0 Å². The topological polar surface area (TPSA) is 140 Å². The molecule has 0 saturated heterocycles. The zero-order valence-electron chi connectivity index (χ0n) is 23.9. The first-order chi connectivity index (χ1) is 18.9. The third kappa shape index (κ3) is 8.46. The van der Waals surface area contributed by atoms with Crippen LogP contribution in [0.4, 0.5) is 10.5 Å². The van der Waals surface area contributed by atoms with E-state index in [-0.39, 0.29) is 18.9 Å². The number of hydrogen-bond acceptors (Lipinski definition) is 6. The maximum absolute atomic E-state index is 14.2. The largest absolute Gasteiger partial charge is 0.497 e. The molecule has 1 aliphatic rings. The Morgan fingerprint density at radius 3 is 2.27 bits per heavy atom. The number of hydrogen-bond donors (Lipinski definition) is 3. The van der Waals surface area contributed by atoms with E-state index in [0.717, 1.165) is 12.0 Å². The van der Waals surface area contributed by atoms with Crippen LogP contribution in [0.15, 0.2) is 48.5 Å². The molecular weight excluding hydrogens is 512 g/mol. The minimum Gasteiger partial charge on any atom is -0.497 e. The minimum absolute atomic E-state index is 0.0305. The van der Waals surface area contributed by atoms with Gasteiger partial charge in [0.25, 0.3) is 5.91 Å². The number of nitrogens with one attached hydrogen (secondary N) is 2. The van der Waals surface area contributed by atoms with E-state index in [4.69, 9.17) is 15.2 Å². The number of nitrogens with zero attached hydrogens (tertiary/aromatic N) is 1. The van der Waals surface area contributed by atoms with Crippen molar-refractivity contribution in [2.24, 2.45) is 5.73 Å². The second kappa shape index (κ2) is 13.3. The van der Waals surface area contributed by atoms with Crippen molar-refractivity contribution in [1.82, 2.24) is 10.2 Å². The van der Waals surface area contributed by atoms with E-state index in [2.05, 4.69) is 10.6 Å². The zero-order valence-corrected chi connectivity index (χ0v) is 23.9. The number of benzene rings is 2. The van der Waals surface area contributed by atoms with Crippen LogP contribution < -0.4 is 21.1 Å². The van der Waals surface area contributed by atoms with E-state index < -0.39 is 41.5 Å². The molecule has 2 aromatic carbocycles.